The smallest absolute Gasteiger partial charge is 0.144 e. The predicted octanol–water partition coefficient (Wildman–Crippen LogP) is 15.7. The first-order chi connectivity index (χ1) is 28.5. The van der Waals surface area contributed by atoms with Gasteiger partial charge in [-0.3, -0.25) is 0 Å². The van der Waals surface area contributed by atoms with E-state index in [-0.39, 0.29) is 5.41 Å². The van der Waals surface area contributed by atoms with E-state index in [2.05, 4.69) is 201 Å². The Kier molecular flexibility index (Phi) is 6.98. The maximum absolute atomic E-state index is 6.99. The van der Waals surface area contributed by atoms with Gasteiger partial charge < -0.3 is 13.7 Å². The molecule has 2 aromatic heterocycles. The van der Waals surface area contributed by atoms with Crippen molar-refractivity contribution in [3.05, 3.63) is 199 Å². The summed E-state index contributed by atoms with van der Waals surface area (Å²) in [7, 11) is 0. The summed E-state index contributed by atoms with van der Waals surface area (Å²) in [5.74, 6) is 0. The first-order valence-corrected chi connectivity index (χ1v) is 20.0. The fourth-order valence-electron chi connectivity index (χ4n) is 9.65. The van der Waals surface area contributed by atoms with E-state index >= 15 is 0 Å². The zero-order chi connectivity index (χ0) is 38.5. The molecular weight excluding hydrogens is 707 g/mol. The Balaban J connectivity index is 1.10. The van der Waals surface area contributed by atoms with Crippen LogP contribution in [-0.4, -0.2) is 0 Å². The van der Waals surface area contributed by atoms with Gasteiger partial charge in [0, 0.05) is 49.6 Å². The molecule has 58 heavy (non-hydrogen) atoms. The Labute approximate surface area is 336 Å². The van der Waals surface area contributed by atoms with Crippen LogP contribution in [0.25, 0.3) is 88.0 Å². The lowest BCUT2D eigenvalue weighted by Crippen LogP contribution is -2.16. The predicted molar refractivity (Wildman–Crippen MR) is 242 cm³/mol. The van der Waals surface area contributed by atoms with E-state index in [1.807, 2.05) is 6.07 Å². The van der Waals surface area contributed by atoms with Crippen molar-refractivity contribution in [3.63, 3.8) is 0 Å². The van der Waals surface area contributed by atoms with Gasteiger partial charge in [-0.2, -0.15) is 0 Å². The average Bonchev–Trinajstić information content (AvgIpc) is 3.90. The van der Waals surface area contributed by atoms with Crippen LogP contribution in [0.3, 0.4) is 0 Å². The molecule has 9 aromatic carbocycles. The van der Waals surface area contributed by atoms with Crippen LogP contribution in [0.2, 0.25) is 0 Å². The summed E-state index contributed by atoms with van der Waals surface area (Å²) >= 11 is 0. The largest absolute Gasteiger partial charge is 0.456 e. The van der Waals surface area contributed by atoms with E-state index in [1.54, 1.807) is 0 Å². The number of fused-ring (bicyclic) bond motifs is 10. The Bertz CT molecular complexity index is 3420. The molecule has 274 valence electrons. The van der Waals surface area contributed by atoms with Crippen LogP contribution < -0.4 is 4.90 Å². The number of nitrogens with zero attached hydrogens (tertiary/aromatic N) is 1. The van der Waals surface area contributed by atoms with Crippen molar-refractivity contribution in [2.24, 2.45) is 0 Å². The van der Waals surface area contributed by atoms with Gasteiger partial charge in [0.1, 0.15) is 22.3 Å². The molecule has 1 aliphatic carbocycles. The minimum Gasteiger partial charge on any atom is -0.456 e. The highest BCUT2D eigenvalue weighted by Crippen LogP contribution is 2.52. The molecule has 0 N–H and O–H groups in total. The molecule has 0 saturated heterocycles. The molecule has 0 aliphatic heterocycles. The fraction of sp³-hybridized carbons (Fsp3) is 0.0545. The highest BCUT2D eigenvalue weighted by Gasteiger charge is 2.36. The van der Waals surface area contributed by atoms with Gasteiger partial charge >= 0.3 is 0 Å². The molecule has 0 bridgehead atoms. The van der Waals surface area contributed by atoms with E-state index in [9.17, 15) is 0 Å². The number of rotatable bonds is 5. The van der Waals surface area contributed by atoms with Crippen molar-refractivity contribution in [2.45, 2.75) is 19.3 Å². The topological polar surface area (TPSA) is 29.5 Å². The monoisotopic (exact) mass is 743 g/mol. The number of anilines is 3. The van der Waals surface area contributed by atoms with Gasteiger partial charge in [-0.05, 0) is 104 Å². The second kappa shape index (κ2) is 12.3. The van der Waals surface area contributed by atoms with Crippen LogP contribution in [0.15, 0.2) is 197 Å². The summed E-state index contributed by atoms with van der Waals surface area (Å²) in [6.07, 6.45) is 0. The van der Waals surface area contributed by atoms with Crippen molar-refractivity contribution in [2.75, 3.05) is 4.90 Å². The lowest BCUT2D eigenvalue weighted by molar-refractivity contribution is 0.660. The van der Waals surface area contributed by atoms with Crippen LogP contribution in [0, 0.1) is 0 Å². The third-order valence-electron chi connectivity index (χ3n) is 12.5. The van der Waals surface area contributed by atoms with Gasteiger partial charge in [0.15, 0.2) is 0 Å². The quantitative estimate of drug-likeness (QED) is 0.176. The number of para-hydroxylation sites is 1. The van der Waals surface area contributed by atoms with E-state index in [1.165, 1.54) is 44.2 Å². The molecule has 3 nitrogen and oxygen atoms in total. The molecule has 0 saturated carbocycles. The summed E-state index contributed by atoms with van der Waals surface area (Å²) in [6, 6.07) is 67.6. The van der Waals surface area contributed by atoms with Crippen LogP contribution in [-0.2, 0) is 5.41 Å². The minimum absolute atomic E-state index is 0.133. The SMILES string of the molecule is CC1(C)c2ccccc2-c2ccc(N(c3ccc(-c4ccccc4)cc3)c3ccc4oc5c(-c6cccc7ccccc67)c6c(cc5c4c3)oc3ccccc36)cc21. The van der Waals surface area contributed by atoms with E-state index < -0.39 is 0 Å². The van der Waals surface area contributed by atoms with Crippen LogP contribution in [0.5, 0.6) is 0 Å². The zero-order valence-corrected chi connectivity index (χ0v) is 32.2. The van der Waals surface area contributed by atoms with E-state index in [0.29, 0.717) is 0 Å². The molecule has 0 unspecified atom stereocenters. The minimum atomic E-state index is -0.133. The lowest BCUT2D eigenvalue weighted by atomic mass is 9.82. The van der Waals surface area contributed by atoms with Crippen molar-refractivity contribution in [1.82, 2.24) is 0 Å². The molecule has 12 rings (SSSR count). The second-order valence-electron chi connectivity index (χ2n) is 16.1. The standard InChI is InChI=1S/C55H37NO2/c1-55(2)47-21-10-8-18-41(47)42-29-27-39(32-48(42)55)56(37-25-23-35(24-26-37)34-13-4-3-5-14-34)38-28-30-50-45(31-38)46-33-51-52(44-19-9-11-22-49(44)57-51)53(54(46)58-50)43-20-12-16-36-15-6-7-17-40(36)43/h3-33H,1-2H3. The highest BCUT2D eigenvalue weighted by molar-refractivity contribution is 6.25. The molecular formula is C55H37NO2. The Morgan fingerprint density at radius 2 is 1.03 bits per heavy atom. The van der Waals surface area contributed by atoms with E-state index in [4.69, 9.17) is 8.83 Å². The van der Waals surface area contributed by atoms with Gasteiger partial charge in [-0.15, -0.1) is 0 Å². The Morgan fingerprint density at radius 3 is 1.91 bits per heavy atom. The van der Waals surface area contributed by atoms with Gasteiger partial charge in [0.25, 0.3) is 0 Å². The first kappa shape index (κ1) is 32.8. The summed E-state index contributed by atoms with van der Waals surface area (Å²) < 4.78 is 13.6. The third-order valence-corrected chi connectivity index (χ3v) is 12.5. The summed E-state index contributed by atoms with van der Waals surface area (Å²) in [6.45, 7) is 4.69. The highest BCUT2D eigenvalue weighted by atomic mass is 16.3. The molecule has 0 spiro atoms. The molecule has 0 radical (unpaired) electrons. The molecule has 3 heteroatoms. The number of benzene rings is 9. The van der Waals surface area contributed by atoms with Gasteiger partial charge in [-0.1, -0.05) is 147 Å². The number of hydrogen-bond acceptors (Lipinski definition) is 3. The maximum Gasteiger partial charge on any atom is 0.144 e. The van der Waals surface area contributed by atoms with Gasteiger partial charge in [0.2, 0.25) is 0 Å². The lowest BCUT2D eigenvalue weighted by Gasteiger charge is -2.28. The van der Waals surface area contributed by atoms with Crippen molar-refractivity contribution in [3.8, 4) is 33.4 Å². The maximum atomic E-state index is 6.99. The van der Waals surface area contributed by atoms with Crippen molar-refractivity contribution in [1.29, 1.82) is 0 Å². The first-order valence-electron chi connectivity index (χ1n) is 20.0. The summed E-state index contributed by atoms with van der Waals surface area (Å²) in [4.78, 5) is 2.39. The zero-order valence-electron chi connectivity index (χ0n) is 32.2. The van der Waals surface area contributed by atoms with Crippen LogP contribution in [0.4, 0.5) is 17.1 Å². The summed E-state index contributed by atoms with van der Waals surface area (Å²) in [5.41, 5.74) is 16.4. The van der Waals surface area contributed by atoms with Crippen molar-refractivity contribution >= 4 is 71.7 Å². The summed E-state index contributed by atoms with van der Waals surface area (Å²) in [5, 5.41) is 6.58. The van der Waals surface area contributed by atoms with Gasteiger partial charge in [-0.25, -0.2) is 0 Å². The van der Waals surface area contributed by atoms with Crippen molar-refractivity contribution < 1.29 is 8.83 Å². The Hall–Kier alpha value is -7.36. The molecule has 2 heterocycles. The normalized spacial score (nSPS) is 13.1. The van der Waals surface area contributed by atoms with E-state index in [0.717, 1.165) is 72.1 Å². The van der Waals surface area contributed by atoms with Crippen LogP contribution in [0.1, 0.15) is 25.0 Å². The van der Waals surface area contributed by atoms with Crippen LogP contribution >= 0.6 is 0 Å². The second-order valence-corrected chi connectivity index (χ2v) is 16.1. The third kappa shape index (κ3) is 4.80. The number of furan rings is 2. The number of hydrogen-bond donors (Lipinski definition) is 0. The Morgan fingerprint density at radius 1 is 0.397 bits per heavy atom. The molecule has 0 amide bonds. The molecule has 1 aliphatic rings. The molecule has 0 atom stereocenters. The average molecular weight is 744 g/mol. The van der Waals surface area contributed by atoms with Gasteiger partial charge in [0.05, 0.1) is 0 Å². The molecule has 0 fully saturated rings. The molecule has 11 aromatic rings. The fourth-order valence-corrected chi connectivity index (χ4v) is 9.65.